The minimum absolute atomic E-state index is 0.00261. The van der Waals surface area contributed by atoms with E-state index in [4.69, 9.17) is 11.6 Å². The van der Waals surface area contributed by atoms with Gasteiger partial charge in [-0.05, 0) is 89.8 Å². The Labute approximate surface area is 237 Å². The Kier molecular flexibility index (Phi) is 7.45. The first-order chi connectivity index (χ1) is 18.9. The van der Waals surface area contributed by atoms with Gasteiger partial charge in [-0.2, -0.15) is 5.10 Å². The summed E-state index contributed by atoms with van der Waals surface area (Å²) < 4.78 is 1.75. The van der Waals surface area contributed by atoms with Crippen LogP contribution in [0.25, 0.3) is 15.7 Å². The number of aryl methyl sites for hydroxylation is 1. The monoisotopic (exact) mass is 566 g/mol. The molecule has 1 aliphatic carbocycles. The van der Waals surface area contributed by atoms with Crippen molar-refractivity contribution in [3.63, 3.8) is 0 Å². The van der Waals surface area contributed by atoms with Crippen molar-refractivity contribution in [2.24, 2.45) is 11.8 Å². The fraction of sp³-hybridized carbons (Fsp3) is 0.500. The van der Waals surface area contributed by atoms with Gasteiger partial charge in [0.2, 0.25) is 5.91 Å². The van der Waals surface area contributed by atoms with E-state index >= 15 is 0 Å². The number of rotatable bonds is 7. The van der Waals surface area contributed by atoms with Gasteiger partial charge in [0.05, 0.1) is 27.8 Å². The number of nitrogens with zero attached hydrogens (tertiary/aromatic N) is 6. The van der Waals surface area contributed by atoms with E-state index in [-0.39, 0.29) is 18.0 Å². The lowest BCUT2D eigenvalue weighted by Crippen LogP contribution is -2.54. The molecule has 5 heterocycles. The number of amides is 1. The molecule has 0 aromatic carbocycles. The van der Waals surface area contributed by atoms with Crippen LogP contribution in [0, 0.1) is 11.8 Å². The van der Waals surface area contributed by atoms with Crippen molar-refractivity contribution in [1.29, 1.82) is 0 Å². The summed E-state index contributed by atoms with van der Waals surface area (Å²) >= 11 is 8.24. The van der Waals surface area contributed by atoms with Gasteiger partial charge in [-0.3, -0.25) is 4.79 Å². The van der Waals surface area contributed by atoms with Crippen molar-refractivity contribution < 1.29 is 4.79 Å². The van der Waals surface area contributed by atoms with Gasteiger partial charge in [0.15, 0.2) is 0 Å². The van der Waals surface area contributed by atoms with Crippen LogP contribution in [-0.4, -0.2) is 75.7 Å². The van der Waals surface area contributed by atoms with Crippen molar-refractivity contribution >= 4 is 56.1 Å². The molecule has 2 unspecified atom stereocenters. The van der Waals surface area contributed by atoms with E-state index in [1.165, 1.54) is 16.9 Å². The van der Waals surface area contributed by atoms with E-state index in [0.717, 1.165) is 72.4 Å². The average Bonchev–Trinajstić information content (AvgIpc) is 3.55. The predicted molar refractivity (Wildman–Crippen MR) is 157 cm³/mol. The van der Waals surface area contributed by atoms with Crippen molar-refractivity contribution in [1.82, 2.24) is 34.7 Å². The number of aromatic nitrogens is 4. The molecule has 2 aliphatic rings. The molecule has 206 valence electrons. The standard InChI is InChI=1S/C28H35ClN8OS/c1-30-24-12-17(7-10-35(2)3)8-11-36(24)28(38)18-4-5-20-23(13-18)39-27-25(20)26(31-16-32-27)34-22-14-19-6-9-33-37(19)15-21(22)29/h6,9,14-18,24,30H,4-5,7-8,10-13H2,1-3H3,(H,31,32,34)/t17?,18-,24?/m0/s1. The van der Waals surface area contributed by atoms with Gasteiger partial charge >= 0.3 is 0 Å². The predicted octanol–water partition coefficient (Wildman–Crippen LogP) is 4.58. The number of hydrogen-bond donors (Lipinski definition) is 2. The summed E-state index contributed by atoms with van der Waals surface area (Å²) in [5.74, 6) is 1.70. The molecule has 1 aliphatic heterocycles. The number of fused-ring (bicyclic) bond motifs is 4. The van der Waals surface area contributed by atoms with Crippen molar-refractivity contribution in [3.8, 4) is 0 Å². The van der Waals surface area contributed by atoms with Crippen LogP contribution in [0.1, 0.15) is 36.1 Å². The van der Waals surface area contributed by atoms with Crippen LogP contribution in [0.2, 0.25) is 5.02 Å². The highest BCUT2D eigenvalue weighted by Gasteiger charge is 2.36. The van der Waals surface area contributed by atoms with E-state index < -0.39 is 0 Å². The third-order valence-corrected chi connectivity index (χ3v) is 9.71. The van der Waals surface area contributed by atoms with Crippen LogP contribution < -0.4 is 10.6 Å². The van der Waals surface area contributed by atoms with Gasteiger partial charge in [-0.25, -0.2) is 14.5 Å². The van der Waals surface area contributed by atoms with Crippen LogP contribution in [0.3, 0.4) is 0 Å². The van der Waals surface area contributed by atoms with E-state index in [1.54, 1.807) is 34.6 Å². The first kappa shape index (κ1) is 26.4. The molecule has 0 spiro atoms. The van der Waals surface area contributed by atoms with E-state index in [9.17, 15) is 4.79 Å². The maximum atomic E-state index is 13.8. The molecule has 4 aromatic rings. The molecular formula is C28H35ClN8OS. The zero-order valence-corrected chi connectivity index (χ0v) is 24.2. The molecule has 39 heavy (non-hydrogen) atoms. The number of piperidine rings is 1. The number of halogens is 1. The number of pyridine rings is 1. The second-order valence-corrected chi connectivity index (χ2v) is 12.5. The first-order valence-corrected chi connectivity index (χ1v) is 14.9. The molecular weight excluding hydrogens is 532 g/mol. The summed E-state index contributed by atoms with van der Waals surface area (Å²) in [6, 6.07) is 3.91. The summed E-state index contributed by atoms with van der Waals surface area (Å²) in [7, 11) is 6.23. The number of carbonyl (C=O) groups excluding carboxylic acids is 1. The minimum atomic E-state index is 0.00261. The van der Waals surface area contributed by atoms with Gasteiger partial charge in [-0.15, -0.1) is 11.3 Å². The second-order valence-electron chi connectivity index (χ2n) is 11.0. The van der Waals surface area contributed by atoms with Gasteiger partial charge in [0.1, 0.15) is 17.0 Å². The average molecular weight is 567 g/mol. The minimum Gasteiger partial charge on any atom is -0.338 e. The Bertz CT molecular complexity index is 1500. The van der Waals surface area contributed by atoms with Crippen molar-refractivity contribution in [2.45, 2.75) is 44.7 Å². The Hall–Kier alpha value is -2.79. The fourth-order valence-electron chi connectivity index (χ4n) is 6.09. The maximum absolute atomic E-state index is 13.8. The molecule has 0 radical (unpaired) electrons. The number of hydrogen-bond acceptors (Lipinski definition) is 8. The Morgan fingerprint density at radius 1 is 1.28 bits per heavy atom. The van der Waals surface area contributed by atoms with Crippen molar-refractivity contribution in [3.05, 3.63) is 46.3 Å². The largest absolute Gasteiger partial charge is 0.338 e. The van der Waals surface area contributed by atoms with Crippen LogP contribution in [-0.2, 0) is 17.6 Å². The lowest BCUT2D eigenvalue weighted by Gasteiger charge is -2.41. The SMILES string of the molecule is CNC1CC(CCN(C)C)CCN1C(=O)[C@H]1CCc2c(sc3ncnc(Nc4cc5ccnn5cc4Cl)c23)C1. The molecule has 1 saturated heterocycles. The normalized spacial score (nSPS) is 21.6. The van der Waals surface area contributed by atoms with Crippen LogP contribution in [0.5, 0.6) is 0 Å². The third-order valence-electron chi connectivity index (χ3n) is 8.25. The zero-order chi connectivity index (χ0) is 27.1. The fourth-order valence-corrected chi connectivity index (χ4v) is 7.55. The Morgan fingerprint density at radius 3 is 2.97 bits per heavy atom. The van der Waals surface area contributed by atoms with Crippen LogP contribution in [0.4, 0.5) is 11.5 Å². The molecule has 4 aromatic heterocycles. The lowest BCUT2D eigenvalue weighted by molar-refractivity contribution is -0.141. The molecule has 3 atom stereocenters. The number of nitrogens with one attached hydrogen (secondary N) is 2. The molecule has 6 rings (SSSR count). The Balaban J connectivity index is 1.20. The van der Waals surface area contributed by atoms with E-state index in [1.807, 2.05) is 19.2 Å². The topological polar surface area (TPSA) is 90.7 Å². The van der Waals surface area contributed by atoms with Gasteiger partial charge < -0.3 is 20.4 Å². The van der Waals surface area contributed by atoms with Gasteiger partial charge in [-0.1, -0.05) is 11.6 Å². The second kappa shape index (κ2) is 11.0. The smallest absolute Gasteiger partial charge is 0.227 e. The molecule has 9 nitrogen and oxygen atoms in total. The molecule has 0 saturated carbocycles. The van der Waals surface area contributed by atoms with Crippen LogP contribution >= 0.6 is 22.9 Å². The molecule has 1 fully saturated rings. The van der Waals surface area contributed by atoms with Crippen LogP contribution in [0.15, 0.2) is 30.9 Å². The number of thiophene rings is 1. The number of likely N-dealkylation sites (tertiary alicyclic amines) is 1. The summed E-state index contributed by atoms with van der Waals surface area (Å²) in [5, 5.41) is 12.7. The highest BCUT2D eigenvalue weighted by atomic mass is 35.5. The highest BCUT2D eigenvalue weighted by molar-refractivity contribution is 7.19. The van der Waals surface area contributed by atoms with Gasteiger partial charge in [0, 0.05) is 29.7 Å². The molecule has 2 N–H and O–H groups in total. The Morgan fingerprint density at radius 2 is 2.15 bits per heavy atom. The first-order valence-electron chi connectivity index (χ1n) is 13.7. The summed E-state index contributed by atoms with van der Waals surface area (Å²) in [4.78, 5) is 29.5. The summed E-state index contributed by atoms with van der Waals surface area (Å²) in [6.07, 6.45) is 11.0. The van der Waals surface area contributed by atoms with Crippen molar-refractivity contribution in [2.75, 3.05) is 39.5 Å². The lowest BCUT2D eigenvalue weighted by atomic mass is 9.85. The highest BCUT2D eigenvalue weighted by Crippen LogP contribution is 2.42. The summed E-state index contributed by atoms with van der Waals surface area (Å²) in [6.45, 7) is 1.93. The number of anilines is 2. The number of carbonyl (C=O) groups is 1. The molecule has 11 heteroatoms. The summed E-state index contributed by atoms with van der Waals surface area (Å²) in [5.41, 5.74) is 2.99. The molecule has 1 amide bonds. The quantitative estimate of drug-likeness (QED) is 0.338. The van der Waals surface area contributed by atoms with E-state index in [2.05, 4.69) is 49.6 Å². The zero-order valence-electron chi connectivity index (χ0n) is 22.7. The maximum Gasteiger partial charge on any atom is 0.227 e. The van der Waals surface area contributed by atoms with E-state index in [0.29, 0.717) is 10.9 Å². The molecule has 0 bridgehead atoms. The third kappa shape index (κ3) is 5.23. The van der Waals surface area contributed by atoms with Gasteiger partial charge in [0.25, 0.3) is 0 Å².